The molecular formula is C12H26N2O. The first-order valence-electron chi connectivity index (χ1n) is 6.16. The maximum Gasteiger partial charge on any atom is 0.0602 e. The number of nitrogens with two attached hydrogens (primary N) is 1. The van der Waals surface area contributed by atoms with Crippen molar-refractivity contribution in [2.75, 3.05) is 13.7 Å². The SMILES string of the molecule is CC(C)C(N)C(CO)N(C)C1CCCC1. The second-order valence-corrected chi connectivity index (χ2v) is 5.18. The van der Waals surface area contributed by atoms with E-state index < -0.39 is 0 Å². The molecule has 0 amide bonds. The van der Waals surface area contributed by atoms with Crippen molar-refractivity contribution in [2.45, 2.75) is 57.7 Å². The largest absolute Gasteiger partial charge is 0.395 e. The highest BCUT2D eigenvalue weighted by Gasteiger charge is 2.30. The van der Waals surface area contributed by atoms with E-state index in [2.05, 4.69) is 25.8 Å². The number of aliphatic hydroxyl groups excluding tert-OH is 1. The molecule has 1 saturated carbocycles. The first kappa shape index (κ1) is 12.9. The van der Waals surface area contributed by atoms with Crippen LogP contribution in [0.2, 0.25) is 0 Å². The highest BCUT2D eigenvalue weighted by Crippen LogP contribution is 2.25. The molecule has 15 heavy (non-hydrogen) atoms. The van der Waals surface area contributed by atoms with Crippen molar-refractivity contribution in [3.8, 4) is 0 Å². The van der Waals surface area contributed by atoms with Crippen molar-refractivity contribution in [1.82, 2.24) is 4.90 Å². The van der Waals surface area contributed by atoms with Gasteiger partial charge in [-0.1, -0.05) is 26.7 Å². The van der Waals surface area contributed by atoms with E-state index in [4.69, 9.17) is 5.73 Å². The number of hydrogen-bond acceptors (Lipinski definition) is 3. The van der Waals surface area contributed by atoms with Crippen LogP contribution in [-0.2, 0) is 0 Å². The molecule has 2 unspecified atom stereocenters. The summed E-state index contributed by atoms with van der Waals surface area (Å²) >= 11 is 0. The zero-order chi connectivity index (χ0) is 11.4. The van der Waals surface area contributed by atoms with Crippen molar-refractivity contribution in [1.29, 1.82) is 0 Å². The smallest absolute Gasteiger partial charge is 0.0602 e. The van der Waals surface area contributed by atoms with Crippen molar-refractivity contribution < 1.29 is 5.11 Å². The first-order valence-corrected chi connectivity index (χ1v) is 6.16. The Morgan fingerprint density at radius 3 is 2.27 bits per heavy atom. The van der Waals surface area contributed by atoms with Crippen LogP contribution in [0.1, 0.15) is 39.5 Å². The lowest BCUT2D eigenvalue weighted by atomic mass is 9.95. The summed E-state index contributed by atoms with van der Waals surface area (Å²) < 4.78 is 0. The van der Waals surface area contributed by atoms with Crippen LogP contribution < -0.4 is 5.73 Å². The molecule has 0 bridgehead atoms. The van der Waals surface area contributed by atoms with Gasteiger partial charge in [0.1, 0.15) is 0 Å². The van der Waals surface area contributed by atoms with Gasteiger partial charge in [0.15, 0.2) is 0 Å². The molecule has 0 saturated heterocycles. The Labute approximate surface area is 93.6 Å². The molecule has 1 rings (SSSR count). The summed E-state index contributed by atoms with van der Waals surface area (Å²) in [7, 11) is 2.11. The Hall–Kier alpha value is -0.120. The summed E-state index contributed by atoms with van der Waals surface area (Å²) in [5.74, 6) is 0.422. The summed E-state index contributed by atoms with van der Waals surface area (Å²) in [6.45, 7) is 4.41. The van der Waals surface area contributed by atoms with E-state index in [0.29, 0.717) is 12.0 Å². The van der Waals surface area contributed by atoms with Gasteiger partial charge in [-0.15, -0.1) is 0 Å². The predicted molar refractivity (Wildman–Crippen MR) is 63.7 cm³/mol. The molecule has 0 radical (unpaired) electrons. The lowest BCUT2D eigenvalue weighted by Gasteiger charge is -2.37. The van der Waals surface area contributed by atoms with Gasteiger partial charge in [0.05, 0.1) is 6.61 Å². The molecule has 0 aromatic rings. The molecule has 3 N–H and O–H groups in total. The zero-order valence-corrected chi connectivity index (χ0v) is 10.3. The molecule has 0 aliphatic heterocycles. The molecule has 3 nitrogen and oxygen atoms in total. The third kappa shape index (κ3) is 3.16. The van der Waals surface area contributed by atoms with E-state index in [1.165, 1.54) is 25.7 Å². The van der Waals surface area contributed by atoms with E-state index in [-0.39, 0.29) is 18.7 Å². The lowest BCUT2D eigenvalue weighted by molar-refractivity contribution is 0.0810. The summed E-state index contributed by atoms with van der Waals surface area (Å²) in [4.78, 5) is 2.30. The van der Waals surface area contributed by atoms with Crippen LogP contribution in [0.25, 0.3) is 0 Å². The van der Waals surface area contributed by atoms with Crippen molar-refractivity contribution >= 4 is 0 Å². The van der Waals surface area contributed by atoms with Gasteiger partial charge in [-0.2, -0.15) is 0 Å². The monoisotopic (exact) mass is 214 g/mol. The van der Waals surface area contributed by atoms with Crippen LogP contribution >= 0.6 is 0 Å². The van der Waals surface area contributed by atoms with E-state index >= 15 is 0 Å². The molecule has 1 aliphatic carbocycles. The van der Waals surface area contributed by atoms with Crippen LogP contribution in [0.15, 0.2) is 0 Å². The van der Waals surface area contributed by atoms with E-state index in [1.54, 1.807) is 0 Å². The molecule has 0 heterocycles. The molecule has 1 fully saturated rings. The first-order chi connectivity index (χ1) is 7.07. The van der Waals surface area contributed by atoms with Gasteiger partial charge in [0.25, 0.3) is 0 Å². The zero-order valence-electron chi connectivity index (χ0n) is 10.3. The van der Waals surface area contributed by atoms with Gasteiger partial charge in [0.2, 0.25) is 0 Å². The minimum atomic E-state index is 0.0700. The Kier molecular flexibility index (Phi) is 5.03. The summed E-state index contributed by atoms with van der Waals surface area (Å²) in [6, 6.07) is 0.820. The minimum Gasteiger partial charge on any atom is -0.395 e. The predicted octanol–water partition coefficient (Wildman–Crippen LogP) is 1.20. The van der Waals surface area contributed by atoms with Crippen molar-refractivity contribution in [3.05, 3.63) is 0 Å². The fourth-order valence-electron chi connectivity index (χ4n) is 2.55. The average Bonchev–Trinajstić information content (AvgIpc) is 2.71. The normalized spacial score (nSPS) is 22.6. The number of aliphatic hydroxyl groups is 1. The fourth-order valence-corrected chi connectivity index (χ4v) is 2.55. The summed E-state index contributed by atoms with van der Waals surface area (Å²) in [6.07, 6.45) is 5.17. The lowest BCUT2D eigenvalue weighted by Crippen LogP contribution is -2.53. The summed E-state index contributed by atoms with van der Waals surface area (Å²) in [5, 5.41) is 9.45. The molecule has 1 aliphatic rings. The molecule has 0 aromatic heterocycles. The topological polar surface area (TPSA) is 49.5 Å². The van der Waals surface area contributed by atoms with E-state index in [0.717, 1.165) is 0 Å². The van der Waals surface area contributed by atoms with E-state index in [1.807, 2.05) is 0 Å². The minimum absolute atomic E-state index is 0.0700. The summed E-state index contributed by atoms with van der Waals surface area (Å²) in [5.41, 5.74) is 6.14. The number of nitrogens with zero attached hydrogens (tertiary/aromatic N) is 1. The fraction of sp³-hybridized carbons (Fsp3) is 1.00. The van der Waals surface area contributed by atoms with Crippen molar-refractivity contribution in [2.24, 2.45) is 11.7 Å². The quantitative estimate of drug-likeness (QED) is 0.723. The Morgan fingerprint density at radius 2 is 1.87 bits per heavy atom. The van der Waals surface area contributed by atoms with Crippen molar-refractivity contribution in [3.63, 3.8) is 0 Å². The van der Waals surface area contributed by atoms with Crippen LogP contribution in [0.3, 0.4) is 0 Å². The highest BCUT2D eigenvalue weighted by atomic mass is 16.3. The van der Waals surface area contributed by atoms with Gasteiger partial charge in [0, 0.05) is 18.1 Å². The second kappa shape index (κ2) is 5.83. The maximum atomic E-state index is 9.45. The third-order valence-corrected chi connectivity index (χ3v) is 3.82. The number of likely N-dealkylation sites (N-methyl/N-ethyl adjacent to an activating group) is 1. The molecular weight excluding hydrogens is 188 g/mol. The van der Waals surface area contributed by atoms with Gasteiger partial charge < -0.3 is 10.8 Å². The second-order valence-electron chi connectivity index (χ2n) is 5.18. The Morgan fingerprint density at radius 1 is 1.33 bits per heavy atom. The van der Waals surface area contributed by atoms with Crippen LogP contribution in [-0.4, -0.2) is 41.8 Å². The Bertz CT molecular complexity index is 178. The third-order valence-electron chi connectivity index (χ3n) is 3.82. The molecule has 2 atom stereocenters. The molecule has 90 valence electrons. The van der Waals surface area contributed by atoms with Crippen LogP contribution in [0.4, 0.5) is 0 Å². The number of hydrogen-bond donors (Lipinski definition) is 2. The molecule has 0 spiro atoms. The maximum absolute atomic E-state index is 9.45. The van der Waals surface area contributed by atoms with Gasteiger partial charge in [-0.3, -0.25) is 4.90 Å². The van der Waals surface area contributed by atoms with Gasteiger partial charge >= 0.3 is 0 Å². The van der Waals surface area contributed by atoms with E-state index in [9.17, 15) is 5.11 Å². The van der Waals surface area contributed by atoms with Gasteiger partial charge in [-0.25, -0.2) is 0 Å². The number of rotatable bonds is 5. The van der Waals surface area contributed by atoms with Crippen LogP contribution in [0, 0.1) is 5.92 Å². The van der Waals surface area contributed by atoms with Crippen LogP contribution in [0.5, 0.6) is 0 Å². The Balaban J connectivity index is 2.56. The molecule has 3 heteroatoms. The highest BCUT2D eigenvalue weighted by molar-refractivity contribution is 4.87. The standard InChI is InChI=1S/C12H26N2O/c1-9(2)12(13)11(8-15)14(3)10-6-4-5-7-10/h9-12,15H,4-8,13H2,1-3H3. The average molecular weight is 214 g/mol. The molecule has 0 aromatic carbocycles. The van der Waals surface area contributed by atoms with Gasteiger partial charge in [-0.05, 0) is 25.8 Å².